The highest BCUT2D eigenvalue weighted by Gasteiger charge is 2.33. The quantitative estimate of drug-likeness (QED) is 0.780. The van der Waals surface area contributed by atoms with Gasteiger partial charge in [0, 0.05) is 16.0 Å². The van der Waals surface area contributed by atoms with Gasteiger partial charge < -0.3 is 4.74 Å². The lowest BCUT2D eigenvalue weighted by Gasteiger charge is -2.11. The highest BCUT2D eigenvalue weighted by Crippen LogP contribution is 2.32. The zero-order valence-corrected chi connectivity index (χ0v) is 11.2. The second kappa shape index (κ2) is 4.36. The van der Waals surface area contributed by atoms with E-state index in [0.29, 0.717) is 12.5 Å². The van der Waals surface area contributed by atoms with E-state index in [-0.39, 0.29) is 11.9 Å². The number of Topliss-reactive ketones (excluding diaryl/α,β-unsaturated/α-hetero) is 1. The molecule has 82 valence electrons. The van der Waals surface area contributed by atoms with Crippen LogP contribution in [0.25, 0.3) is 0 Å². The van der Waals surface area contributed by atoms with Crippen molar-refractivity contribution < 1.29 is 9.53 Å². The van der Waals surface area contributed by atoms with Crippen LogP contribution in [-0.2, 0) is 4.74 Å². The van der Waals surface area contributed by atoms with Crippen molar-refractivity contribution in [3.63, 3.8) is 0 Å². The number of carbonyl (C=O) groups excluding carboxylic acids is 1. The molecule has 4 heteroatoms. The number of hydrogen-bond donors (Lipinski definition) is 0. The molecule has 0 amide bonds. The Morgan fingerprint density at radius 1 is 1.67 bits per heavy atom. The molecule has 0 aromatic carbocycles. The van der Waals surface area contributed by atoms with Crippen LogP contribution in [0.15, 0.2) is 10.5 Å². The number of thiophene rings is 1. The van der Waals surface area contributed by atoms with E-state index in [4.69, 9.17) is 4.74 Å². The highest BCUT2D eigenvalue weighted by molar-refractivity contribution is 9.10. The third-order valence-corrected chi connectivity index (χ3v) is 4.63. The molecule has 1 aliphatic rings. The van der Waals surface area contributed by atoms with E-state index in [1.807, 2.05) is 13.0 Å². The minimum atomic E-state index is -0.237. The highest BCUT2D eigenvalue weighted by atomic mass is 79.9. The molecule has 2 unspecified atom stereocenters. The molecule has 1 aromatic heterocycles. The van der Waals surface area contributed by atoms with E-state index in [9.17, 15) is 4.79 Å². The minimum absolute atomic E-state index is 0.130. The van der Waals surface area contributed by atoms with Crippen LogP contribution in [0.1, 0.15) is 27.9 Å². The number of hydrogen-bond acceptors (Lipinski definition) is 3. The van der Waals surface area contributed by atoms with Crippen LogP contribution in [-0.4, -0.2) is 18.5 Å². The fourth-order valence-corrected chi connectivity index (χ4v) is 3.62. The van der Waals surface area contributed by atoms with Gasteiger partial charge in [-0.05, 0) is 41.3 Å². The monoisotopic (exact) mass is 288 g/mol. The fourth-order valence-electron chi connectivity index (χ4n) is 1.81. The van der Waals surface area contributed by atoms with Crippen LogP contribution in [0.5, 0.6) is 0 Å². The maximum absolute atomic E-state index is 12.1. The first-order valence-corrected chi connectivity index (χ1v) is 6.62. The van der Waals surface area contributed by atoms with Gasteiger partial charge in [-0.25, -0.2) is 0 Å². The summed E-state index contributed by atoms with van der Waals surface area (Å²) in [5.41, 5.74) is 0. The van der Waals surface area contributed by atoms with Crippen LogP contribution in [0, 0.1) is 12.8 Å². The second-order valence-corrected chi connectivity index (χ2v) is 6.07. The third kappa shape index (κ3) is 2.17. The van der Waals surface area contributed by atoms with E-state index < -0.39 is 0 Å². The summed E-state index contributed by atoms with van der Waals surface area (Å²) in [6.45, 7) is 4.79. The van der Waals surface area contributed by atoms with Crippen molar-refractivity contribution in [1.82, 2.24) is 0 Å². The van der Waals surface area contributed by atoms with Gasteiger partial charge in [-0.15, -0.1) is 11.3 Å². The van der Waals surface area contributed by atoms with Gasteiger partial charge in [-0.3, -0.25) is 4.79 Å². The molecule has 1 fully saturated rings. The summed E-state index contributed by atoms with van der Waals surface area (Å²) < 4.78 is 6.38. The van der Waals surface area contributed by atoms with Crippen molar-refractivity contribution in [1.29, 1.82) is 0 Å². The average Bonchev–Trinajstić information content (AvgIpc) is 2.71. The Morgan fingerprint density at radius 3 is 2.87 bits per heavy atom. The van der Waals surface area contributed by atoms with E-state index in [1.165, 1.54) is 11.3 Å². The van der Waals surface area contributed by atoms with Crippen molar-refractivity contribution in [3.05, 3.63) is 20.3 Å². The second-order valence-electron chi connectivity index (χ2n) is 3.96. The van der Waals surface area contributed by atoms with Crippen molar-refractivity contribution in [2.75, 3.05) is 6.61 Å². The largest absolute Gasteiger partial charge is 0.370 e. The molecular weight excluding hydrogens is 276 g/mol. The Hall–Kier alpha value is -0.190. The van der Waals surface area contributed by atoms with Gasteiger partial charge in [0.1, 0.15) is 6.10 Å². The summed E-state index contributed by atoms with van der Waals surface area (Å²) in [6, 6.07) is 1.98. The molecule has 1 saturated heterocycles. The van der Waals surface area contributed by atoms with Gasteiger partial charge in [0.15, 0.2) is 0 Å². The van der Waals surface area contributed by atoms with Gasteiger partial charge in [-0.2, -0.15) is 0 Å². The summed E-state index contributed by atoms with van der Waals surface area (Å²) in [5, 5.41) is 0. The van der Waals surface area contributed by atoms with Gasteiger partial charge in [0.2, 0.25) is 5.78 Å². The molecule has 0 N–H and O–H groups in total. The van der Waals surface area contributed by atoms with E-state index >= 15 is 0 Å². The van der Waals surface area contributed by atoms with Gasteiger partial charge in [0.25, 0.3) is 0 Å². The predicted molar refractivity (Wildman–Crippen MR) is 64.6 cm³/mol. The SMILES string of the molecule is Cc1cc(Br)c(C(=O)C2OCCC2C)s1. The number of ether oxygens (including phenoxy) is 1. The third-order valence-electron chi connectivity index (χ3n) is 2.68. The molecule has 15 heavy (non-hydrogen) atoms. The topological polar surface area (TPSA) is 26.3 Å². The summed E-state index contributed by atoms with van der Waals surface area (Å²) in [7, 11) is 0. The van der Waals surface area contributed by atoms with Crippen molar-refractivity contribution in [2.24, 2.45) is 5.92 Å². The first kappa shape index (κ1) is 11.3. The normalized spacial score (nSPS) is 25.8. The number of ketones is 1. The van der Waals surface area contributed by atoms with Crippen LogP contribution < -0.4 is 0 Å². The molecule has 1 aliphatic heterocycles. The lowest BCUT2D eigenvalue weighted by atomic mass is 10.00. The molecule has 0 bridgehead atoms. The predicted octanol–water partition coefficient (Wildman–Crippen LogP) is 3.43. The average molecular weight is 289 g/mol. The minimum Gasteiger partial charge on any atom is -0.370 e. The van der Waals surface area contributed by atoms with Crippen LogP contribution >= 0.6 is 27.3 Å². The number of rotatable bonds is 2. The molecule has 2 atom stereocenters. The smallest absolute Gasteiger partial charge is 0.202 e. The van der Waals surface area contributed by atoms with E-state index in [0.717, 1.165) is 20.6 Å². The molecule has 0 radical (unpaired) electrons. The first-order valence-electron chi connectivity index (χ1n) is 5.01. The Kier molecular flexibility index (Phi) is 3.28. The molecule has 0 aliphatic carbocycles. The van der Waals surface area contributed by atoms with Gasteiger partial charge in [0.05, 0.1) is 4.88 Å². The summed E-state index contributed by atoms with van der Waals surface area (Å²) in [4.78, 5) is 14.1. The van der Waals surface area contributed by atoms with E-state index in [1.54, 1.807) is 0 Å². The Morgan fingerprint density at radius 2 is 2.40 bits per heavy atom. The molecule has 2 heterocycles. The summed E-state index contributed by atoms with van der Waals surface area (Å²) >= 11 is 4.95. The van der Waals surface area contributed by atoms with Gasteiger partial charge >= 0.3 is 0 Å². The first-order chi connectivity index (χ1) is 7.09. The molecular formula is C11H13BrO2S. The Labute approximate surface area is 102 Å². The summed E-state index contributed by atoms with van der Waals surface area (Å²) in [6.07, 6.45) is 0.748. The molecule has 1 aromatic rings. The Balaban J connectivity index is 2.24. The van der Waals surface area contributed by atoms with Crippen molar-refractivity contribution in [3.8, 4) is 0 Å². The van der Waals surface area contributed by atoms with E-state index in [2.05, 4.69) is 22.9 Å². The van der Waals surface area contributed by atoms with Crippen LogP contribution in [0.4, 0.5) is 0 Å². The summed E-state index contributed by atoms with van der Waals surface area (Å²) in [5.74, 6) is 0.469. The zero-order valence-electron chi connectivity index (χ0n) is 8.75. The van der Waals surface area contributed by atoms with Crippen molar-refractivity contribution in [2.45, 2.75) is 26.4 Å². The lowest BCUT2D eigenvalue weighted by molar-refractivity contribution is 0.0583. The molecule has 0 spiro atoms. The number of halogens is 1. The maximum Gasteiger partial charge on any atom is 0.202 e. The number of carbonyl (C=O) groups is 1. The van der Waals surface area contributed by atoms with Crippen molar-refractivity contribution >= 4 is 33.0 Å². The fraction of sp³-hybridized carbons (Fsp3) is 0.545. The maximum atomic E-state index is 12.1. The van der Waals surface area contributed by atoms with Gasteiger partial charge in [-0.1, -0.05) is 6.92 Å². The van der Waals surface area contributed by atoms with Crippen LogP contribution in [0.2, 0.25) is 0 Å². The standard InChI is InChI=1S/C11H13BrO2S/c1-6-3-4-14-10(6)9(13)11-8(12)5-7(2)15-11/h5-6,10H,3-4H2,1-2H3. The molecule has 2 rings (SSSR count). The zero-order chi connectivity index (χ0) is 11.0. The molecule has 0 saturated carbocycles. The molecule has 2 nitrogen and oxygen atoms in total. The lowest BCUT2D eigenvalue weighted by Crippen LogP contribution is -2.24. The Bertz CT molecular complexity index is 386. The van der Waals surface area contributed by atoms with Crippen LogP contribution in [0.3, 0.4) is 0 Å². The number of aryl methyl sites for hydroxylation is 1.